The normalized spacial score (nSPS) is 28.0. The summed E-state index contributed by atoms with van der Waals surface area (Å²) in [7, 11) is 0. The van der Waals surface area contributed by atoms with Gasteiger partial charge in [-0.2, -0.15) is 11.8 Å². The third kappa shape index (κ3) is 5.18. The fourth-order valence-electron chi connectivity index (χ4n) is 3.11. The van der Waals surface area contributed by atoms with E-state index in [1.807, 2.05) is 23.6 Å². The maximum absolute atomic E-state index is 12.4. The summed E-state index contributed by atoms with van der Waals surface area (Å²) in [6.07, 6.45) is 3.98. The Morgan fingerprint density at radius 3 is 2.43 bits per heavy atom. The first kappa shape index (κ1) is 16.6. The van der Waals surface area contributed by atoms with Crippen LogP contribution in [-0.2, 0) is 9.59 Å². The van der Waals surface area contributed by atoms with Crippen LogP contribution in [0.5, 0.6) is 0 Å². The molecule has 0 spiro atoms. The standard InChI is InChI=1S/C15H27N3O2S/c1-11(16)10-14(19)17-13-4-2-12(3-5-13)15(20)18-6-8-21-9-7-18/h11-13H,2-10,16H2,1H3,(H,17,19). The summed E-state index contributed by atoms with van der Waals surface area (Å²) in [6, 6.07) is 0.122. The molecule has 120 valence electrons. The van der Waals surface area contributed by atoms with Gasteiger partial charge in [0.2, 0.25) is 11.8 Å². The van der Waals surface area contributed by atoms with Crippen molar-refractivity contribution in [1.82, 2.24) is 10.2 Å². The van der Waals surface area contributed by atoms with E-state index in [-0.39, 0.29) is 23.9 Å². The molecule has 2 rings (SSSR count). The second-order valence-electron chi connectivity index (χ2n) is 6.24. The Morgan fingerprint density at radius 2 is 1.86 bits per heavy atom. The first-order valence-corrected chi connectivity index (χ1v) is 9.13. The van der Waals surface area contributed by atoms with Crippen LogP contribution in [0.2, 0.25) is 0 Å². The van der Waals surface area contributed by atoms with Gasteiger partial charge in [-0.3, -0.25) is 9.59 Å². The monoisotopic (exact) mass is 313 g/mol. The van der Waals surface area contributed by atoms with Crippen molar-refractivity contribution in [1.29, 1.82) is 0 Å². The Balaban J connectivity index is 1.72. The second-order valence-corrected chi connectivity index (χ2v) is 7.46. The minimum Gasteiger partial charge on any atom is -0.353 e. The van der Waals surface area contributed by atoms with Gasteiger partial charge in [-0.05, 0) is 32.6 Å². The molecule has 1 aliphatic carbocycles. The molecule has 0 aromatic rings. The fraction of sp³-hybridized carbons (Fsp3) is 0.867. The van der Waals surface area contributed by atoms with Gasteiger partial charge in [-0.1, -0.05) is 0 Å². The number of hydrogen-bond donors (Lipinski definition) is 2. The van der Waals surface area contributed by atoms with Crippen LogP contribution < -0.4 is 11.1 Å². The zero-order valence-electron chi connectivity index (χ0n) is 12.8. The van der Waals surface area contributed by atoms with Gasteiger partial charge in [0.15, 0.2) is 0 Å². The van der Waals surface area contributed by atoms with Crippen molar-refractivity contribution in [3.05, 3.63) is 0 Å². The molecule has 0 aromatic carbocycles. The lowest BCUT2D eigenvalue weighted by Crippen LogP contribution is -2.45. The van der Waals surface area contributed by atoms with Crippen LogP contribution in [-0.4, -0.2) is 53.4 Å². The van der Waals surface area contributed by atoms with Crippen LogP contribution in [0.15, 0.2) is 0 Å². The van der Waals surface area contributed by atoms with Gasteiger partial charge in [-0.25, -0.2) is 0 Å². The van der Waals surface area contributed by atoms with E-state index in [9.17, 15) is 9.59 Å². The molecule has 1 saturated carbocycles. The fourth-order valence-corrected chi connectivity index (χ4v) is 4.01. The lowest BCUT2D eigenvalue weighted by Gasteiger charge is -2.34. The summed E-state index contributed by atoms with van der Waals surface area (Å²) < 4.78 is 0. The highest BCUT2D eigenvalue weighted by Gasteiger charge is 2.30. The Bertz CT molecular complexity index is 362. The number of thioether (sulfide) groups is 1. The molecule has 6 heteroatoms. The van der Waals surface area contributed by atoms with E-state index in [1.54, 1.807) is 0 Å². The van der Waals surface area contributed by atoms with Crippen molar-refractivity contribution in [3.8, 4) is 0 Å². The van der Waals surface area contributed by atoms with Crippen molar-refractivity contribution >= 4 is 23.6 Å². The summed E-state index contributed by atoms with van der Waals surface area (Å²) >= 11 is 1.92. The topological polar surface area (TPSA) is 75.4 Å². The van der Waals surface area contributed by atoms with Crippen LogP contribution in [0.1, 0.15) is 39.0 Å². The van der Waals surface area contributed by atoms with E-state index < -0.39 is 0 Å². The molecule has 1 saturated heterocycles. The molecule has 0 bridgehead atoms. The molecule has 21 heavy (non-hydrogen) atoms. The molecule has 0 aromatic heterocycles. The lowest BCUT2D eigenvalue weighted by atomic mass is 9.85. The predicted molar refractivity (Wildman–Crippen MR) is 86.1 cm³/mol. The van der Waals surface area contributed by atoms with E-state index in [0.717, 1.165) is 50.3 Å². The number of nitrogens with two attached hydrogens (primary N) is 1. The molecular formula is C15H27N3O2S. The van der Waals surface area contributed by atoms with Crippen LogP contribution in [0.4, 0.5) is 0 Å². The van der Waals surface area contributed by atoms with Crippen molar-refractivity contribution in [2.75, 3.05) is 24.6 Å². The molecule has 0 radical (unpaired) electrons. The number of nitrogens with zero attached hydrogens (tertiary/aromatic N) is 1. The molecule has 1 unspecified atom stereocenters. The third-order valence-electron chi connectivity index (χ3n) is 4.27. The van der Waals surface area contributed by atoms with Crippen LogP contribution in [0.25, 0.3) is 0 Å². The molecule has 2 aliphatic rings. The Labute approximate surface area is 131 Å². The van der Waals surface area contributed by atoms with Gasteiger partial charge in [0.1, 0.15) is 0 Å². The lowest BCUT2D eigenvalue weighted by molar-refractivity contribution is -0.136. The minimum absolute atomic E-state index is 0.0350. The van der Waals surface area contributed by atoms with E-state index in [0.29, 0.717) is 12.3 Å². The Kier molecular flexibility index (Phi) is 6.36. The van der Waals surface area contributed by atoms with Crippen molar-refractivity contribution < 1.29 is 9.59 Å². The molecule has 1 aliphatic heterocycles. The van der Waals surface area contributed by atoms with E-state index in [1.165, 1.54) is 0 Å². The second kappa shape index (κ2) is 8.03. The molecular weight excluding hydrogens is 286 g/mol. The summed E-state index contributed by atoms with van der Waals surface area (Å²) in [5.41, 5.74) is 5.63. The van der Waals surface area contributed by atoms with E-state index in [4.69, 9.17) is 5.73 Å². The maximum atomic E-state index is 12.4. The first-order chi connectivity index (χ1) is 10.1. The number of carbonyl (C=O) groups is 2. The number of amides is 2. The minimum atomic E-state index is -0.0973. The zero-order chi connectivity index (χ0) is 15.2. The van der Waals surface area contributed by atoms with Crippen LogP contribution >= 0.6 is 11.8 Å². The number of rotatable bonds is 4. The van der Waals surface area contributed by atoms with E-state index >= 15 is 0 Å². The number of nitrogens with one attached hydrogen (secondary N) is 1. The largest absolute Gasteiger partial charge is 0.353 e. The molecule has 1 heterocycles. The highest BCUT2D eigenvalue weighted by molar-refractivity contribution is 7.99. The highest BCUT2D eigenvalue weighted by Crippen LogP contribution is 2.27. The number of hydrogen-bond acceptors (Lipinski definition) is 4. The Hall–Kier alpha value is -0.750. The molecule has 1 atom stereocenters. The van der Waals surface area contributed by atoms with Gasteiger partial charge in [0.05, 0.1) is 0 Å². The average molecular weight is 313 g/mol. The van der Waals surface area contributed by atoms with Crippen LogP contribution in [0.3, 0.4) is 0 Å². The number of carbonyl (C=O) groups excluding carboxylic acids is 2. The van der Waals surface area contributed by atoms with Gasteiger partial charge >= 0.3 is 0 Å². The molecule has 5 nitrogen and oxygen atoms in total. The molecule has 2 fully saturated rings. The van der Waals surface area contributed by atoms with E-state index in [2.05, 4.69) is 5.32 Å². The average Bonchev–Trinajstić information content (AvgIpc) is 2.47. The quantitative estimate of drug-likeness (QED) is 0.811. The van der Waals surface area contributed by atoms with Crippen molar-refractivity contribution in [2.45, 2.75) is 51.1 Å². The zero-order valence-corrected chi connectivity index (χ0v) is 13.7. The third-order valence-corrected chi connectivity index (χ3v) is 5.21. The molecule has 2 amide bonds. The van der Waals surface area contributed by atoms with Crippen molar-refractivity contribution in [2.24, 2.45) is 11.7 Å². The first-order valence-electron chi connectivity index (χ1n) is 7.97. The van der Waals surface area contributed by atoms with Gasteiger partial charge in [0.25, 0.3) is 0 Å². The van der Waals surface area contributed by atoms with Gasteiger partial charge in [0, 0.05) is 49.0 Å². The SMILES string of the molecule is CC(N)CC(=O)NC1CCC(C(=O)N2CCSCC2)CC1. The summed E-state index contributed by atoms with van der Waals surface area (Å²) in [6.45, 7) is 3.63. The summed E-state index contributed by atoms with van der Waals surface area (Å²) in [4.78, 5) is 26.2. The Morgan fingerprint density at radius 1 is 1.24 bits per heavy atom. The maximum Gasteiger partial charge on any atom is 0.225 e. The summed E-state index contributed by atoms with van der Waals surface area (Å²) in [5.74, 6) is 2.65. The molecule has 3 N–H and O–H groups in total. The van der Waals surface area contributed by atoms with Crippen LogP contribution in [0, 0.1) is 5.92 Å². The van der Waals surface area contributed by atoms with Gasteiger partial charge < -0.3 is 16.0 Å². The summed E-state index contributed by atoms with van der Waals surface area (Å²) in [5, 5.41) is 3.04. The predicted octanol–water partition coefficient (Wildman–Crippen LogP) is 0.974. The smallest absolute Gasteiger partial charge is 0.225 e. The highest BCUT2D eigenvalue weighted by atomic mass is 32.2. The van der Waals surface area contributed by atoms with Gasteiger partial charge in [-0.15, -0.1) is 0 Å². The van der Waals surface area contributed by atoms with Crippen molar-refractivity contribution in [3.63, 3.8) is 0 Å².